The number of hydrogen-bond acceptors (Lipinski definition) is 3. The lowest BCUT2D eigenvalue weighted by molar-refractivity contribution is 0.0698. The van der Waals surface area contributed by atoms with E-state index in [1.807, 2.05) is 0 Å². The third-order valence-corrected chi connectivity index (χ3v) is 4.99. The maximum absolute atomic E-state index is 12.5. The highest BCUT2D eigenvalue weighted by Gasteiger charge is 2.22. The van der Waals surface area contributed by atoms with Crippen LogP contribution in [0.25, 0.3) is 0 Å². The van der Waals surface area contributed by atoms with E-state index in [0.717, 1.165) is 0 Å². The quantitative estimate of drug-likeness (QED) is 0.869. The monoisotopic (exact) mass is 359 g/mol. The van der Waals surface area contributed by atoms with Crippen molar-refractivity contribution in [3.63, 3.8) is 0 Å². The van der Waals surface area contributed by atoms with Gasteiger partial charge in [0.25, 0.3) is 10.0 Å². The molecule has 0 aromatic heterocycles. The van der Waals surface area contributed by atoms with Crippen LogP contribution in [0.2, 0.25) is 10.0 Å². The van der Waals surface area contributed by atoms with Gasteiger partial charge in [-0.2, -0.15) is 0 Å². The van der Waals surface area contributed by atoms with Crippen molar-refractivity contribution in [3.8, 4) is 0 Å². The standard InChI is InChI=1S/C14H11Cl2NO4S/c1-8-3-2-4-10(14(18)19)13(8)17-22(20,21)12-7-9(15)5-6-11(12)16/h2-7,17H,1H3,(H,18,19). The first-order chi connectivity index (χ1) is 10.2. The summed E-state index contributed by atoms with van der Waals surface area (Å²) in [6.45, 7) is 1.60. The van der Waals surface area contributed by atoms with Gasteiger partial charge in [-0.05, 0) is 36.8 Å². The number of anilines is 1. The van der Waals surface area contributed by atoms with Crippen molar-refractivity contribution in [1.29, 1.82) is 0 Å². The molecule has 0 aliphatic rings. The predicted molar refractivity (Wildman–Crippen MR) is 85.4 cm³/mol. The van der Waals surface area contributed by atoms with Crippen molar-refractivity contribution in [2.75, 3.05) is 4.72 Å². The summed E-state index contributed by atoms with van der Waals surface area (Å²) in [5.74, 6) is -1.24. The number of hydrogen-bond donors (Lipinski definition) is 2. The topological polar surface area (TPSA) is 83.5 Å². The van der Waals surface area contributed by atoms with Crippen molar-refractivity contribution in [3.05, 3.63) is 57.6 Å². The molecule has 5 nitrogen and oxygen atoms in total. The molecule has 0 saturated carbocycles. The number of nitrogens with one attached hydrogen (secondary N) is 1. The van der Waals surface area contributed by atoms with Crippen LogP contribution in [0.3, 0.4) is 0 Å². The molecule has 0 heterocycles. The third kappa shape index (κ3) is 3.35. The molecule has 0 aliphatic heterocycles. The lowest BCUT2D eigenvalue weighted by Crippen LogP contribution is -2.17. The summed E-state index contributed by atoms with van der Waals surface area (Å²) in [6, 6.07) is 8.46. The Kier molecular flexibility index (Phi) is 4.65. The molecule has 0 unspecified atom stereocenters. The van der Waals surface area contributed by atoms with E-state index in [9.17, 15) is 18.3 Å². The number of para-hydroxylation sites is 1. The average Bonchev–Trinajstić information content (AvgIpc) is 2.43. The molecule has 116 valence electrons. The SMILES string of the molecule is Cc1cccc(C(=O)O)c1NS(=O)(=O)c1cc(Cl)ccc1Cl. The molecule has 0 radical (unpaired) electrons. The van der Waals surface area contributed by atoms with Crippen molar-refractivity contribution in [2.24, 2.45) is 0 Å². The Morgan fingerprint density at radius 2 is 1.86 bits per heavy atom. The maximum Gasteiger partial charge on any atom is 0.337 e. The first-order valence-corrected chi connectivity index (χ1v) is 8.27. The van der Waals surface area contributed by atoms with Gasteiger partial charge in [-0.25, -0.2) is 13.2 Å². The molecule has 0 saturated heterocycles. The average molecular weight is 360 g/mol. The molecular weight excluding hydrogens is 349 g/mol. The molecule has 0 fully saturated rings. The summed E-state index contributed by atoms with van der Waals surface area (Å²) in [7, 11) is -4.07. The van der Waals surface area contributed by atoms with Gasteiger partial charge >= 0.3 is 5.97 Å². The second-order valence-corrected chi connectivity index (χ2v) is 6.98. The van der Waals surface area contributed by atoms with Gasteiger partial charge in [0.1, 0.15) is 4.90 Å². The zero-order valence-corrected chi connectivity index (χ0v) is 13.6. The minimum Gasteiger partial charge on any atom is -0.478 e. The van der Waals surface area contributed by atoms with Crippen LogP contribution in [0.15, 0.2) is 41.3 Å². The minimum atomic E-state index is -4.07. The van der Waals surface area contributed by atoms with Crippen molar-refractivity contribution in [1.82, 2.24) is 0 Å². The Bertz CT molecular complexity index is 850. The summed E-state index contributed by atoms with van der Waals surface area (Å²) in [6.07, 6.45) is 0. The second-order valence-electron chi connectivity index (χ2n) is 4.48. The number of halogens is 2. The third-order valence-electron chi connectivity index (χ3n) is 2.92. The predicted octanol–water partition coefficient (Wildman–Crippen LogP) is 3.80. The van der Waals surface area contributed by atoms with Gasteiger partial charge in [0, 0.05) is 5.02 Å². The molecule has 0 atom stereocenters. The normalized spacial score (nSPS) is 11.2. The Hall–Kier alpha value is -1.76. The number of carboxylic acid groups (broad SMARTS) is 1. The molecular formula is C14H11Cl2NO4S. The van der Waals surface area contributed by atoms with E-state index in [1.54, 1.807) is 13.0 Å². The van der Waals surface area contributed by atoms with Gasteiger partial charge in [-0.15, -0.1) is 0 Å². The fraction of sp³-hybridized carbons (Fsp3) is 0.0714. The van der Waals surface area contributed by atoms with Gasteiger partial charge in [0.15, 0.2) is 0 Å². The zero-order valence-electron chi connectivity index (χ0n) is 11.3. The van der Waals surface area contributed by atoms with Crippen LogP contribution in [0.1, 0.15) is 15.9 Å². The van der Waals surface area contributed by atoms with E-state index in [2.05, 4.69) is 4.72 Å². The van der Waals surface area contributed by atoms with Crippen molar-refractivity contribution in [2.45, 2.75) is 11.8 Å². The number of carbonyl (C=O) groups is 1. The van der Waals surface area contributed by atoms with Crippen LogP contribution in [0.5, 0.6) is 0 Å². The van der Waals surface area contributed by atoms with Crippen LogP contribution in [0.4, 0.5) is 5.69 Å². The Balaban J connectivity index is 2.55. The summed E-state index contributed by atoms with van der Waals surface area (Å²) in [5.41, 5.74) is 0.314. The highest BCUT2D eigenvalue weighted by atomic mass is 35.5. The first kappa shape index (κ1) is 16.6. The van der Waals surface area contributed by atoms with Crippen LogP contribution in [0, 0.1) is 6.92 Å². The van der Waals surface area contributed by atoms with E-state index < -0.39 is 16.0 Å². The molecule has 0 bridgehead atoms. The zero-order chi connectivity index (χ0) is 16.5. The molecule has 2 aromatic carbocycles. The minimum absolute atomic E-state index is 0.00829. The Labute approximate surface area is 137 Å². The van der Waals surface area contributed by atoms with Crippen LogP contribution >= 0.6 is 23.2 Å². The number of rotatable bonds is 4. The number of benzene rings is 2. The summed E-state index contributed by atoms with van der Waals surface area (Å²) < 4.78 is 27.2. The van der Waals surface area contributed by atoms with Crippen molar-refractivity contribution < 1.29 is 18.3 Å². The van der Waals surface area contributed by atoms with E-state index in [4.69, 9.17) is 23.2 Å². The molecule has 2 aromatic rings. The van der Waals surface area contributed by atoms with Crippen LogP contribution < -0.4 is 4.72 Å². The Morgan fingerprint density at radius 1 is 1.18 bits per heavy atom. The lowest BCUT2D eigenvalue weighted by atomic mass is 10.1. The largest absolute Gasteiger partial charge is 0.478 e. The van der Waals surface area contributed by atoms with Gasteiger partial charge in [0.05, 0.1) is 16.3 Å². The van der Waals surface area contributed by atoms with Gasteiger partial charge in [0.2, 0.25) is 0 Å². The molecule has 2 N–H and O–H groups in total. The molecule has 0 amide bonds. The van der Waals surface area contributed by atoms with Crippen molar-refractivity contribution >= 4 is 44.9 Å². The fourth-order valence-corrected chi connectivity index (χ4v) is 3.77. The molecule has 2 rings (SSSR count). The van der Waals surface area contributed by atoms with Gasteiger partial charge in [-0.3, -0.25) is 4.72 Å². The number of sulfonamides is 1. The fourth-order valence-electron chi connectivity index (χ4n) is 1.85. The lowest BCUT2D eigenvalue weighted by Gasteiger charge is -2.14. The summed E-state index contributed by atoms with van der Waals surface area (Å²) in [5, 5.41) is 9.36. The number of aromatic carboxylic acids is 1. The van der Waals surface area contributed by atoms with E-state index in [-0.39, 0.29) is 26.2 Å². The Morgan fingerprint density at radius 3 is 2.50 bits per heavy atom. The molecule has 0 aliphatic carbocycles. The highest BCUT2D eigenvalue weighted by Crippen LogP contribution is 2.29. The van der Waals surface area contributed by atoms with E-state index in [0.29, 0.717) is 5.56 Å². The second kappa shape index (κ2) is 6.16. The first-order valence-electron chi connectivity index (χ1n) is 6.03. The molecule has 0 spiro atoms. The highest BCUT2D eigenvalue weighted by molar-refractivity contribution is 7.92. The maximum atomic E-state index is 12.5. The summed E-state index contributed by atoms with van der Waals surface area (Å²) >= 11 is 11.7. The number of aryl methyl sites for hydroxylation is 1. The van der Waals surface area contributed by atoms with Crippen LogP contribution in [-0.2, 0) is 10.0 Å². The van der Waals surface area contributed by atoms with E-state index >= 15 is 0 Å². The molecule has 8 heteroatoms. The molecule has 22 heavy (non-hydrogen) atoms. The smallest absolute Gasteiger partial charge is 0.337 e. The van der Waals surface area contributed by atoms with E-state index in [1.165, 1.54) is 30.3 Å². The van der Waals surface area contributed by atoms with Crippen LogP contribution in [-0.4, -0.2) is 19.5 Å². The summed E-state index contributed by atoms with van der Waals surface area (Å²) in [4.78, 5) is 11.0. The van der Waals surface area contributed by atoms with Gasteiger partial charge in [-0.1, -0.05) is 35.3 Å². The number of carboxylic acids is 1. The van der Waals surface area contributed by atoms with Gasteiger partial charge < -0.3 is 5.11 Å².